The van der Waals surface area contributed by atoms with E-state index in [0.717, 1.165) is 0 Å². The first-order chi connectivity index (χ1) is 9.59. The molecule has 0 heterocycles. The summed E-state index contributed by atoms with van der Waals surface area (Å²) in [5, 5.41) is 20.4. The molecule has 104 valence electrons. The van der Waals surface area contributed by atoms with Crippen molar-refractivity contribution in [2.75, 3.05) is 5.88 Å². The summed E-state index contributed by atoms with van der Waals surface area (Å²) < 4.78 is 0. The Morgan fingerprint density at radius 2 is 1.55 bits per heavy atom. The van der Waals surface area contributed by atoms with Gasteiger partial charge in [-0.3, -0.25) is 4.79 Å². The Hall–Kier alpha value is -1.84. The highest BCUT2D eigenvalue weighted by molar-refractivity contribution is 6.18. The van der Waals surface area contributed by atoms with Crippen molar-refractivity contribution in [2.45, 2.75) is 11.5 Å². The summed E-state index contributed by atoms with van der Waals surface area (Å²) in [6.45, 7) is 0. The lowest BCUT2D eigenvalue weighted by atomic mass is 9.78. The van der Waals surface area contributed by atoms with E-state index < -0.39 is 17.5 Å². The zero-order valence-electron chi connectivity index (χ0n) is 10.7. The van der Waals surface area contributed by atoms with E-state index in [0.29, 0.717) is 11.1 Å². The molecule has 20 heavy (non-hydrogen) atoms. The molecule has 2 aromatic carbocycles. The zero-order valence-corrected chi connectivity index (χ0v) is 11.5. The number of rotatable bonds is 5. The molecule has 0 saturated carbocycles. The number of carboxylic acid groups (broad SMARTS) is 1. The molecule has 4 heteroatoms. The standard InChI is InChI=1S/C16H15ClO3/c17-11-16(20,13-9-5-2-6-10-13)14(15(18)19)12-7-3-1-4-8-12/h1-10,14,20H,11H2,(H,18,19). The van der Waals surface area contributed by atoms with Gasteiger partial charge in [0.2, 0.25) is 0 Å². The van der Waals surface area contributed by atoms with Gasteiger partial charge >= 0.3 is 5.97 Å². The van der Waals surface area contributed by atoms with Gasteiger partial charge in [-0.15, -0.1) is 11.6 Å². The van der Waals surface area contributed by atoms with Crippen molar-refractivity contribution in [1.82, 2.24) is 0 Å². The van der Waals surface area contributed by atoms with Crippen LogP contribution < -0.4 is 0 Å². The van der Waals surface area contributed by atoms with Gasteiger partial charge in [-0.25, -0.2) is 0 Å². The molecule has 3 nitrogen and oxygen atoms in total. The number of benzene rings is 2. The quantitative estimate of drug-likeness (QED) is 0.832. The lowest BCUT2D eigenvalue weighted by Crippen LogP contribution is -2.39. The van der Waals surface area contributed by atoms with Gasteiger partial charge in [0.1, 0.15) is 11.5 Å². The van der Waals surface area contributed by atoms with Crippen LogP contribution in [-0.2, 0) is 10.4 Å². The van der Waals surface area contributed by atoms with E-state index in [1.165, 1.54) is 0 Å². The molecule has 0 amide bonds. The molecule has 2 N–H and O–H groups in total. The highest BCUT2D eigenvalue weighted by Gasteiger charge is 2.43. The number of hydrogen-bond acceptors (Lipinski definition) is 2. The Labute approximate surface area is 122 Å². The van der Waals surface area contributed by atoms with Crippen LogP contribution in [0.4, 0.5) is 0 Å². The Morgan fingerprint density at radius 3 is 2.00 bits per heavy atom. The summed E-state index contributed by atoms with van der Waals surface area (Å²) in [7, 11) is 0. The van der Waals surface area contributed by atoms with Crippen molar-refractivity contribution in [1.29, 1.82) is 0 Å². The fraction of sp³-hybridized carbons (Fsp3) is 0.188. The Morgan fingerprint density at radius 1 is 1.05 bits per heavy atom. The van der Waals surface area contributed by atoms with Crippen LogP contribution in [0.5, 0.6) is 0 Å². The molecule has 2 unspecified atom stereocenters. The summed E-state index contributed by atoms with van der Waals surface area (Å²) in [5.74, 6) is -2.44. The van der Waals surface area contributed by atoms with Crippen molar-refractivity contribution >= 4 is 17.6 Å². The van der Waals surface area contributed by atoms with Gasteiger partial charge in [-0.2, -0.15) is 0 Å². The van der Waals surface area contributed by atoms with E-state index >= 15 is 0 Å². The van der Waals surface area contributed by atoms with Crippen molar-refractivity contribution in [3.05, 3.63) is 71.8 Å². The average Bonchev–Trinajstić information content (AvgIpc) is 2.49. The summed E-state index contributed by atoms with van der Waals surface area (Å²) in [5.41, 5.74) is -0.644. The molecule has 2 aromatic rings. The first-order valence-electron chi connectivity index (χ1n) is 6.21. The number of halogens is 1. The summed E-state index contributed by atoms with van der Waals surface area (Å²) >= 11 is 5.92. The van der Waals surface area contributed by atoms with Crippen LogP contribution in [0.25, 0.3) is 0 Å². The van der Waals surface area contributed by atoms with Gasteiger partial charge in [0.05, 0.1) is 5.88 Å². The minimum absolute atomic E-state index is 0.205. The molecular formula is C16H15ClO3. The van der Waals surface area contributed by atoms with Crippen LogP contribution in [0.2, 0.25) is 0 Å². The van der Waals surface area contributed by atoms with Crippen LogP contribution in [0, 0.1) is 0 Å². The molecule has 0 radical (unpaired) electrons. The van der Waals surface area contributed by atoms with Gasteiger partial charge in [0, 0.05) is 0 Å². The molecule has 0 aromatic heterocycles. The van der Waals surface area contributed by atoms with Gasteiger partial charge in [-0.1, -0.05) is 60.7 Å². The van der Waals surface area contributed by atoms with Crippen LogP contribution in [0.1, 0.15) is 17.0 Å². The normalized spacial score (nSPS) is 15.3. The van der Waals surface area contributed by atoms with Crippen LogP contribution in [0.3, 0.4) is 0 Å². The lowest BCUT2D eigenvalue weighted by Gasteiger charge is -2.32. The molecule has 0 aliphatic carbocycles. The molecule has 0 fully saturated rings. The van der Waals surface area contributed by atoms with Gasteiger partial charge < -0.3 is 10.2 Å². The maximum Gasteiger partial charge on any atom is 0.314 e. The van der Waals surface area contributed by atoms with Gasteiger partial charge in [-0.05, 0) is 11.1 Å². The largest absolute Gasteiger partial charge is 0.481 e. The van der Waals surface area contributed by atoms with Gasteiger partial charge in [0.25, 0.3) is 0 Å². The van der Waals surface area contributed by atoms with Crippen LogP contribution >= 0.6 is 11.6 Å². The molecule has 0 saturated heterocycles. The lowest BCUT2D eigenvalue weighted by molar-refractivity contribution is -0.145. The van der Waals surface area contributed by atoms with Crippen molar-refractivity contribution < 1.29 is 15.0 Å². The van der Waals surface area contributed by atoms with Crippen molar-refractivity contribution in [2.24, 2.45) is 0 Å². The molecular weight excluding hydrogens is 276 g/mol. The Kier molecular flexibility index (Phi) is 4.42. The van der Waals surface area contributed by atoms with E-state index in [-0.39, 0.29) is 5.88 Å². The molecule has 2 rings (SSSR count). The SMILES string of the molecule is O=C(O)C(c1ccccc1)C(O)(CCl)c1ccccc1. The first kappa shape index (κ1) is 14.6. The minimum atomic E-state index is -1.66. The smallest absolute Gasteiger partial charge is 0.314 e. The van der Waals surface area contributed by atoms with E-state index in [4.69, 9.17) is 11.6 Å². The molecule has 0 aliphatic rings. The Bertz CT molecular complexity index is 571. The number of aliphatic carboxylic acids is 1. The second-order valence-electron chi connectivity index (χ2n) is 4.61. The number of carboxylic acids is 1. The number of carbonyl (C=O) groups is 1. The van der Waals surface area contributed by atoms with Crippen LogP contribution in [-0.4, -0.2) is 22.1 Å². The van der Waals surface area contributed by atoms with Crippen molar-refractivity contribution in [3.8, 4) is 0 Å². The number of alkyl halides is 1. The molecule has 0 spiro atoms. The van der Waals surface area contributed by atoms with E-state index in [9.17, 15) is 15.0 Å². The zero-order chi connectivity index (χ0) is 14.6. The maximum atomic E-state index is 11.7. The van der Waals surface area contributed by atoms with E-state index in [2.05, 4.69) is 0 Å². The predicted molar refractivity (Wildman–Crippen MR) is 77.9 cm³/mol. The number of hydrogen-bond donors (Lipinski definition) is 2. The summed E-state index contributed by atoms with van der Waals surface area (Å²) in [6.07, 6.45) is 0. The molecule has 0 aliphatic heterocycles. The Balaban J connectivity index is 2.54. The predicted octanol–water partition coefficient (Wildman–Crippen LogP) is 2.98. The number of aliphatic hydroxyl groups is 1. The second-order valence-corrected chi connectivity index (χ2v) is 4.87. The maximum absolute atomic E-state index is 11.7. The highest BCUT2D eigenvalue weighted by Crippen LogP contribution is 2.38. The third-order valence-corrected chi connectivity index (χ3v) is 3.74. The molecule has 0 bridgehead atoms. The van der Waals surface area contributed by atoms with Crippen molar-refractivity contribution in [3.63, 3.8) is 0 Å². The fourth-order valence-electron chi connectivity index (χ4n) is 2.32. The van der Waals surface area contributed by atoms with Gasteiger partial charge in [0.15, 0.2) is 0 Å². The average molecular weight is 291 g/mol. The first-order valence-corrected chi connectivity index (χ1v) is 6.74. The monoisotopic (exact) mass is 290 g/mol. The summed E-state index contributed by atoms with van der Waals surface area (Å²) in [4.78, 5) is 11.7. The highest BCUT2D eigenvalue weighted by atomic mass is 35.5. The van der Waals surface area contributed by atoms with E-state index in [1.54, 1.807) is 60.7 Å². The third-order valence-electron chi connectivity index (χ3n) is 3.33. The molecule has 2 atom stereocenters. The topological polar surface area (TPSA) is 57.5 Å². The second kappa shape index (κ2) is 6.07. The van der Waals surface area contributed by atoms with E-state index in [1.807, 2.05) is 0 Å². The summed E-state index contributed by atoms with van der Waals surface area (Å²) in [6, 6.07) is 17.3. The third kappa shape index (κ3) is 2.69. The minimum Gasteiger partial charge on any atom is -0.481 e. The fourth-order valence-corrected chi connectivity index (χ4v) is 2.62. The van der Waals surface area contributed by atoms with Crippen LogP contribution in [0.15, 0.2) is 60.7 Å².